The summed E-state index contributed by atoms with van der Waals surface area (Å²) in [4.78, 5) is 11.7. The van der Waals surface area contributed by atoms with E-state index in [9.17, 15) is 9.90 Å². The van der Waals surface area contributed by atoms with Crippen molar-refractivity contribution in [2.75, 3.05) is 0 Å². The fourth-order valence-corrected chi connectivity index (χ4v) is 4.45. The SMILES string of the molecule is C=C1C(=O)O[C@@H]2C[C@@]3(C)C[C@@H](O)CC(=C)[C@]3(C)C[C@H]12. The Kier molecular flexibility index (Phi) is 2.53. The minimum atomic E-state index is -0.317. The maximum absolute atomic E-state index is 11.7. The molecule has 0 amide bonds. The molecule has 0 radical (unpaired) electrons. The second kappa shape index (κ2) is 3.72. The molecule has 104 valence electrons. The number of aliphatic hydroxyl groups is 1. The number of carbonyl (C=O) groups excluding carboxylic acids is 1. The van der Waals surface area contributed by atoms with Gasteiger partial charge in [-0.2, -0.15) is 0 Å². The summed E-state index contributed by atoms with van der Waals surface area (Å²) in [6, 6.07) is 0. The Morgan fingerprint density at radius 1 is 1.26 bits per heavy atom. The van der Waals surface area contributed by atoms with Crippen LogP contribution in [0.4, 0.5) is 0 Å². The van der Waals surface area contributed by atoms with Gasteiger partial charge in [0.1, 0.15) is 6.10 Å². The molecule has 19 heavy (non-hydrogen) atoms. The van der Waals surface area contributed by atoms with E-state index in [1.807, 2.05) is 0 Å². The van der Waals surface area contributed by atoms with Crippen molar-refractivity contribution in [3.05, 3.63) is 24.3 Å². The van der Waals surface area contributed by atoms with Gasteiger partial charge in [-0.25, -0.2) is 4.79 Å². The van der Waals surface area contributed by atoms with Crippen LogP contribution < -0.4 is 0 Å². The molecule has 0 bridgehead atoms. The lowest BCUT2D eigenvalue weighted by Crippen LogP contribution is -2.53. The number of hydrogen-bond acceptors (Lipinski definition) is 3. The van der Waals surface area contributed by atoms with Crippen LogP contribution in [0.3, 0.4) is 0 Å². The molecule has 1 saturated heterocycles. The van der Waals surface area contributed by atoms with Crippen molar-refractivity contribution in [2.24, 2.45) is 16.7 Å². The Morgan fingerprint density at radius 2 is 1.95 bits per heavy atom. The maximum Gasteiger partial charge on any atom is 0.334 e. The van der Waals surface area contributed by atoms with Crippen LogP contribution in [-0.4, -0.2) is 23.3 Å². The van der Waals surface area contributed by atoms with Gasteiger partial charge in [0.25, 0.3) is 0 Å². The van der Waals surface area contributed by atoms with Gasteiger partial charge in [-0.3, -0.25) is 0 Å². The van der Waals surface area contributed by atoms with Crippen molar-refractivity contribution in [1.82, 2.24) is 0 Å². The highest BCUT2D eigenvalue weighted by atomic mass is 16.6. The fourth-order valence-electron chi connectivity index (χ4n) is 4.45. The summed E-state index contributed by atoms with van der Waals surface area (Å²) < 4.78 is 5.46. The molecule has 2 aliphatic carbocycles. The average molecular weight is 262 g/mol. The highest BCUT2D eigenvalue weighted by molar-refractivity contribution is 5.90. The molecule has 3 fully saturated rings. The minimum Gasteiger partial charge on any atom is -0.458 e. The Labute approximate surface area is 114 Å². The van der Waals surface area contributed by atoms with E-state index >= 15 is 0 Å². The average Bonchev–Trinajstić information content (AvgIpc) is 2.54. The van der Waals surface area contributed by atoms with E-state index in [1.54, 1.807) is 0 Å². The Bertz CT molecular complexity index is 480. The van der Waals surface area contributed by atoms with E-state index in [2.05, 4.69) is 27.0 Å². The Balaban J connectivity index is 1.99. The third-order valence-corrected chi connectivity index (χ3v) is 5.98. The monoisotopic (exact) mass is 262 g/mol. The molecule has 3 rings (SSSR count). The molecule has 0 aromatic carbocycles. The topological polar surface area (TPSA) is 46.5 Å². The van der Waals surface area contributed by atoms with Crippen LogP contribution >= 0.6 is 0 Å². The van der Waals surface area contributed by atoms with Crippen LogP contribution in [0.1, 0.15) is 39.5 Å². The van der Waals surface area contributed by atoms with Crippen LogP contribution in [0.25, 0.3) is 0 Å². The number of esters is 1. The van der Waals surface area contributed by atoms with Crippen molar-refractivity contribution >= 4 is 5.97 Å². The third kappa shape index (κ3) is 1.57. The van der Waals surface area contributed by atoms with Gasteiger partial charge >= 0.3 is 5.97 Å². The molecule has 1 N–H and O–H groups in total. The summed E-state index contributed by atoms with van der Waals surface area (Å²) in [5.74, 6) is -0.121. The predicted molar refractivity (Wildman–Crippen MR) is 72.3 cm³/mol. The summed E-state index contributed by atoms with van der Waals surface area (Å²) >= 11 is 0. The van der Waals surface area contributed by atoms with Crippen LogP contribution in [0.5, 0.6) is 0 Å². The van der Waals surface area contributed by atoms with Gasteiger partial charge in [-0.15, -0.1) is 0 Å². The van der Waals surface area contributed by atoms with E-state index in [1.165, 1.54) is 0 Å². The minimum absolute atomic E-state index is 0.0374. The maximum atomic E-state index is 11.7. The first kappa shape index (κ1) is 12.9. The number of aliphatic hydroxyl groups excluding tert-OH is 1. The van der Waals surface area contributed by atoms with Crippen molar-refractivity contribution in [3.8, 4) is 0 Å². The number of ether oxygens (including phenoxy) is 1. The second-order valence-corrected chi connectivity index (χ2v) is 7.04. The first-order valence-electron chi connectivity index (χ1n) is 7.03. The molecule has 0 aromatic rings. The number of hydrogen-bond donors (Lipinski definition) is 1. The first-order valence-corrected chi connectivity index (χ1v) is 7.03. The summed E-state index contributed by atoms with van der Waals surface area (Å²) in [7, 11) is 0. The zero-order valence-electron chi connectivity index (χ0n) is 11.7. The standard InChI is InChI=1S/C16H22O3/c1-9-5-11(17)6-15(3)8-13-12(7-16(9,15)4)10(2)14(18)19-13/h11-13,17H,1-2,5-8H2,3-4H3/t11-,12+,13+,15+,16-/m0/s1. The van der Waals surface area contributed by atoms with Crippen LogP contribution in [0.2, 0.25) is 0 Å². The molecule has 1 aliphatic heterocycles. The smallest absolute Gasteiger partial charge is 0.334 e. The van der Waals surface area contributed by atoms with Crippen molar-refractivity contribution in [2.45, 2.75) is 51.7 Å². The van der Waals surface area contributed by atoms with Gasteiger partial charge in [0.05, 0.1) is 6.10 Å². The quantitative estimate of drug-likeness (QED) is 0.414. The highest BCUT2D eigenvalue weighted by Gasteiger charge is 2.59. The molecule has 3 nitrogen and oxygen atoms in total. The van der Waals surface area contributed by atoms with E-state index in [-0.39, 0.29) is 34.9 Å². The normalized spacial score (nSPS) is 49.6. The molecule has 3 heteroatoms. The second-order valence-electron chi connectivity index (χ2n) is 7.04. The van der Waals surface area contributed by atoms with Crippen LogP contribution in [0.15, 0.2) is 24.3 Å². The lowest BCUT2D eigenvalue weighted by atomic mass is 9.47. The summed E-state index contributed by atoms with van der Waals surface area (Å²) in [5, 5.41) is 10.1. The lowest BCUT2D eigenvalue weighted by Gasteiger charge is -2.58. The van der Waals surface area contributed by atoms with Gasteiger partial charge in [0.15, 0.2) is 0 Å². The summed E-state index contributed by atoms with van der Waals surface area (Å²) in [5.41, 5.74) is 1.64. The van der Waals surface area contributed by atoms with Crippen molar-refractivity contribution in [1.29, 1.82) is 0 Å². The van der Waals surface area contributed by atoms with E-state index in [0.717, 1.165) is 24.8 Å². The molecular weight excluding hydrogens is 240 g/mol. The Hall–Kier alpha value is -1.09. The zero-order chi connectivity index (χ0) is 14.0. The molecule has 1 heterocycles. The summed E-state index contributed by atoms with van der Waals surface area (Å²) in [6.07, 6.45) is 2.72. The molecular formula is C16H22O3. The number of fused-ring (bicyclic) bond motifs is 2. The zero-order valence-corrected chi connectivity index (χ0v) is 11.7. The molecule has 0 aromatic heterocycles. The predicted octanol–water partition coefficient (Wildman–Crippen LogP) is 2.60. The highest BCUT2D eigenvalue weighted by Crippen LogP contribution is 2.63. The largest absolute Gasteiger partial charge is 0.458 e. The molecule has 0 spiro atoms. The first-order chi connectivity index (χ1) is 8.77. The number of rotatable bonds is 0. The van der Waals surface area contributed by atoms with E-state index in [4.69, 9.17) is 4.74 Å². The molecule has 3 aliphatic rings. The van der Waals surface area contributed by atoms with Crippen molar-refractivity contribution in [3.63, 3.8) is 0 Å². The Morgan fingerprint density at radius 3 is 2.63 bits per heavy atom. The van der Waals surface area contributed by atoms with Gasteiger partial charge < -0.3 is 9.84 Å². The van der Waals surface area contributed by atoms with Gasteiger partial charge in [0, 0.05) is 11.5 Å². The number of carbonyl (C=O) groups is 1. The van der Waals surface area contributed by atoms with Gasteiger partial charge in [-0.1, -0.05) is 32.6 Å². The van der Waals surface area contributed by atoms with Gasteiger partial charge in [-0.05, 0) is 36.5 Å². The molecule has 0 unspecified atom stereocenters. The van der Waals surface area contributed by atoms with E-state index in [0.29, 0.717) is 12.0 Å². The van der Waals surface area contributed by atoms with Crippen molar-refractivity contribution < 1.29 is 14.6 Å². The fraction of sp³-hybridized carbons (Fsp3) is 0.688. The molecule has 5 atom stereocenters. The lowest BCUT2D eigenvalue weighted by molar-refractivity contribution is -0.146. The van der Waals surface area contributed by atoms with E-state index < -0.39 is 0 Å². The van der Waals surface area contributed by atoms with Crippen LogP contribution in [0, 0.1) is 16.7 Å². The van der Waals surface area contributed by atoms with Gasteiger partial charge in [0.2, 0.25) is 0 Å². The third-order valence-electron chi connectivity index (χ3n) is 5.98. The van der Waals surface area contributed by atoms with Crippen LogP contribution in [-0.2, 0) is 9.53 Å². The summed E-state index contributed by atoms with van der Waals surface area (Å²) in [6.45, 7) is 12.5. The molecule has 2 saturated carbocycles.